The molecule has 7 heteroatoms. The van der Waals surface area contributed by atoms with Crippen molar-refractivity contribution in [2.75, 3.05) is 31.7 Å². The SMILES string of the molecule is Cc1cc(-c2ccnc(Nc3cnc(C4CCOCC4)cn3)c2)ccc1OC1CCOCC1. The first kappa shape index (κ1) is 21.8. The molecule has 0 spiro atoms. The third-order valence-electron chi connectivity index (χ3n) is 6.30. The Kier molecular flexibility index (Phi) is 6.79. The molecule has 7 nitrogen and oxygen atoms in total. The van der Waals surface area contributed by atoms with Crippen LogP contribution in [0.2, 0.25) is 0 Å². The summed E-state index contributed by atoms with van der Waals surface area (Å²) in [7, 11) is 0. The summed E-state index contributed by atoms with van der Waals surface area (Å²) < 4.78 is 17.1. The van der Waals surface area contributed by atoms with Crippen molar-refractivity contribution in [3.8, 4) is 16.9 Å². The lowest BCUT2D eigenvalue weighted by Crippen LogP contribution is -2.26. The molecule has 0 amide bonds. The number of ether oxygens (including phenoxy) is 3. The average Bonchev–Trinajstić information content (AvgIpc) is 2.87. The Hall–Kier alpha value is -3.03. The summed E-state index contributed by atoms with van der Waals surface area (Å²) in [5.74, 6) is 2.80. The summed E-state index contributed by atoms with van der Waals surface area (Å²) in [6.45, 7) is 5.24. The van der Waals surface area contributed by atoms with Gasteiger partial charge in [-0.05, 0) is 60.7 Å². The van der Waals surface area contributed by atoms with E-state index in [1.807, 2.05) is 24.5 Å². The highest BCUT2D eigenvalue weighted by molar-refractivity contribution is 5.69. The van der Waals surface area contributed by atoms with E-state index >= 15 is 0 Å². The fourth-order valence-electron chi connectivity index (χ4n) is 4.35. The normalized spacial score (nSPS) is 17.6. The summed E-state index contributed by atoms with van der Waals surface area (Å²) in [4.78, 5) is 13.6. The lowest BCUT2D eigenvalue weighted by Gasteiger charge is -2.24. The van der Waals surface area contributed by atoms with E-state index in [0.29, 0.717) is 11.7 Å². The van der Waals surface area contributed by atoms with Gasteiger partial charge in [0.1, 0.15) is 23.5 Å². The van der Waals surface area contributed by atoms with E-state index in [-0.39, 0.29) is 6.10 Å². The maximum absolute atomic E-state index is 6.21. The molecular formula is C26H30N4O3. The third-order valence-corrected chi connectivity index (χ3v) is 6.30. The molecule has 1 aromatic carbocycles. The number of nitrogens with one attached hydrogen (secondary N) is 1. The van der Waals surface area contributed by atoms with Crippen LogP contribution in [0.5, 0.6) is 5.75 Å². The Balaban J connectivity index is 1.26. The highest BCUT2D eigenvalue weighted by Crippen LogP contribution is 2.30. The summed E-state index contributed by atoms with van der Waals surface area (Å²) in [5.41, 5.74) is 4.36. The Morgan fingerprint density at radius 3 is 2.30 bits per heavy atom. The molecule has 0 atom stereocenters. The maximum Gasteiger partial charge on any atom is 0.150 e. The van der Waals surface area contributed by atoms with Gasteiger partial charge in [0, 0.05) is 38.2 Å². The fourth-order valence-corrected chi connectivity index (χ4v) is 4.35. The minimum absolute atomic E-state index is 0.235. The molecule has 5 rings (SSSR count). The summed E-state index contributed by atoms with van der Waals surface area (Å²) >= 11 is 0. The summed E-state index contributed by atoms with van der Waals surface area (Å²) in [6.07, 6.45) is 9.59. The molecule has 0 aliphatic carbocycles. The average molecular weight is 447 g/mol. The molecule has 172 valence electrons. The van der Waals surface area contributed by atoms with Crippen molar-refractivity contribution < 1.29 is 14.2 Å². The molecule has 2 aromatic heterocycles. The number of rotatable bonds is 6. The predicted molar refractivity (Wildman–Crippen MR) is 127 cm³/mol. The molecule has 2 fully saturated rings. The zero-order valence-electron chi connectivity index (χ0n) is 19.0. The predicted octanol–water partition coefficient (Wildman–Crippen LogP) is 5.04. The lowest BCUT2D eigenvalue weighted by molar-refractivity contribution is 0.0253. The molecule has 2 aliphatic rings. The van der Waals surface area contributed by atoms with Gasteiger partial charge in [0.15, 0.2) is 0 Å². The number of aryl methyl sites for hydroxylation is 1. The van der Waals surface area contributed by atoms with Gasteiger partial charge in [0.05, 0.1) is 31.3 Å². The van der Waals surface area contributed by atoms with E-state index in [1.165, 1.54) is 0 Å². The number of benzene rings is 1. The molecule has 0 unspecified atom stereocenters. The second kappa shape index (κ2) is 10.3. The fraction of sp³-hybridized carbons (Fsp3) is 0.423. The monoisotopic (exact) mass is 446 g/mol. The van der Waals surface area contributed by atoms with Crippen molar-refractivity contribution in [2.24, 2.45) is 0 Å². The second-order valence-electron chi connectivity index (χ2n) is 8.68. The molecule has 2 saturated heterocycles. The van der Waals surface area contributed by atoms with Crippen molar-refractivity contribution in [2.45, 2.75) is 44.6 Å². The van der Waals surface area contributed by atoms with Gasteiger partial charge < -0.3 is 19.5 Å². The molecule has 33 heavy (non-hydrogen) atoms. The van der Waals surface area contributed by atoms with Crippen LogP contribution in [0.4, 0.5) is 11.6 Å². The van der Waals surface area contributed by atoms with Gasteiger partial charge in [-0.25, -0.2) is 9.97 Å². The van der Waals surface area contributed by atoms with Crippen LogP contribution >= 0.6 is 0 Å². The van der Waals surface area contributed by atoms with Gasteiger partial charge in [-0.2, -0.15) is 0 Å². The number of nitrogens with zero attached hydrogens (tertiary/aromatic N) is 3. The third kappa shape index (κ3) is 5.49. The number of aromatic nitrogens is 3. The van der Waals surface area contributed by atoms with Crippen LogP contribution in [0.3, 0.4) is 0 Å². The molecule has 0 bridgehead atoms. The van der Waals surface area contributed by atoms with Crippen LogP contribution in [0.15, 0.2) is 48.9 Å². The van der Waals surface area contributed by atoms with E-state index in [9.17, 15) is 0 Å². The minimum Gasteiger partial charge on any atom is -0.490 e. The van der Waals surface area contributed by atoms with Gasteiger partial charge in [-0.15, -0.1) is 0 Å². The molecule has 3 aromatic rings. The molecular weight excluding hydrogens is 416 g/mol. The first-order chi connectivity index (χ1) is 16.2. The smallest absolute Gasteiger partial charge is 0.150 e. The number of hydrogen-bond acceptors (Lipinski definition) is 7. The Morgan fingerprint density at radius 1 is 0.818 bits per heavy atom. The molecule has 4 heterocycles. The van der Waals surface area contributed by atoms with E-state index in [4.69, 9.17) is 14.2 Å². The molecule has 0 saturated carbocycles. The standard InChI is InChI=1S/C26H30N4O3/c1-18-14-20(2-3-24(18)33-22-7-12-32-13-8-22)21-4-9-27-25(15-21)30-26-17-28-23(16-29-26)19-5-10-31-11-6-19/h2-4,9,14-17,19,22H,5-8,10-13H2,1H3,(H,27,29,30). The van der Waals surface area contributed by atoms with Crippen molar-refractivity contribution in [3.63, 3.8) is 0 Å². The number of pyridine rings is 1. The quantitative estimate of drug-likeness (QED) is 0.568. The summed E-state index contributed by atoms with van der Waals surface area (Å²) in [5, 5.41) is 3.28. The number of anilines is 2. The van der Waals surface area contributed by atoms with E-state index in [2.05, 4.69) is 45.4 Å². The molecule has 1 N–H and O–H groups in total. The van der Waals surface area contributed by atoms with Crippen LogP contribution in [-0.2, 0) is 9.47 Å². The van der Waals surface area contributed by atoms with E-state index in [0.717, 1.165) is 86.1 Å². The van der Waals surface area contributed by atoms with Gasteiger partial charge in [-0.1, -0.05) is 6.07 Å². The van der Waals surface area contributed by atoms with E-state index < -0.39 is 0 Å². The van der Waals surface area contributed by atoms with E-state index in [1.54, 1.807) is 6.20 Å². The topological polar surface area (TPSA) is 78.4 Å². The van der Waals surface area contributed by atoms with Gasteiger partial charge >= 0.3 is 0 Å². The lowest BCUT2D eigenvalue weighted by atomic mass is 9.97. The summed E-state index contributed by atoms with van der Waals surface area (Å²) in [6, 6.07) is 10.4. The van der Waals surface area contributed by atoms with Crippen LogP contribution in [-0.4, -0.2) is 47.5 Å². The first-order valence-electron chi connectivity index (χ1n) is 11.7. The highest BCUT2D eigenvalue weighted by Gasteiger charge is 2.18. The zero-order valence-corrected chi connectivity index (χ0v) is 19.0. The highest BCUT2D eigenvalue weighted by atomic mass is 16.5. The Bertz CT molecular complexity index is 1060. The van der Waals surface area contributed by atoms with Crippen molar-refractivity contribution in [1.29, 1.82) is 0 Å². The zero-order chi connectivity index (χ0) is 22.5. The maximum atomic E-state index is 6.21. The Labute approximate surface area is 194 Å². The van der Waals surface area contributed by atoms with Crippen LogP contribution in [0.25, 0.3) is 11.1 Å². The molecule has 0 radical (unpaired) electrons. The van der Waals surface area contributed by atoms with Crippen LogP contribution in [0.1, 0.15) is 42.9 Å². The van der Waals surface area contributed by atoms with Crippen molar-refractivity contribution in [3.05, 3.63) is 60.2 Å². The van der Waals surface area contributed by atoms with Crippen LogP contribution < -0.4 is 10.1 Å². The first-order valence-corrected chi connectivity index (χ1v) is 11.7. The molecule has 2 aliphatic heterocycles. The number of hydrogen-bond donors (Lipinski definition) is 1. The van der Waals surface area contributed by atoms with Crippen molar-refractivity contribution in [1.82, 2.24) is 15.0 Å². The minimum atomic E-state index is 0.235. The van der Waals surface area contributed by atoms with Crippen molar-refractivity contribution >= 4 is 11.6 Å². The second-order valence-corrected chi connectivity index (χ2v) is 8.68. The van der Waals surface area contributed by atoms with Gasteiger partial charge in [0.2, 0.25) is 0 Å². The largest absolute Gasteiger partial charge is 0.490 e. The van der Waals surface area contributed by atoms with Gasteiger partial charge in [-0.3, -0.25) is 4.98 Å². The van der Waals surface area contributed by atoms with Crippen LogP contribution in [0, 0.1) is 6.92 Å². The Morgan fingerprint density at radius 2 is 1.58 bits per heavy atom. The van der Waals surface area contributed by atoms with Gasteiger partial charge in [0.25, 0.3) is 0 Å².